The first-order chi connectivity index (χ1) is 16.0. The van der Waals surface area contributed by atoms with Crippen LogP contribution < -0.4 is 0 Å². The Morgan fingerprint density at radius 3 is 2.12 bits per heavy atom. The van der Waals surface area contributed by atoms with Crippen molar-refractivity contribution in [2.24, 2.45) is 0 Å². The number of ether oxygens (including phenoxy) is 6. The van der Waals surface area contributed by atoms with Gasteiger partial charge in [-0.2, -0.15) is 0 Å². The molecule has 0 spiro atoms. The van der Waals surface area contributed by atoms with E-state index in [2.05, 4.69) is 0 Å². The van der Waals surface area contributed by atoms with Gasteiger partial charge in [0.05, 0.1) is 12.6 Å². The summed E-state index contributed by atoms with van der Waals surface area (Å²) < 4.78 is 33.1. The van der Waals surface area contributed by atoms with Gasteiger partial charge in [-0.1, -0.05) is 30.3 Å². The quantitative estimate of drug-likeness (QED) is 0.441. The summed E-state index contributed by atoms with van der Waals surface area (Å²) in [4.78, 5) is 49.7. The lowest BCUT2D eigenvalue weighted by atomic mass is 10.0. The van der Waals surface area contributed by atoms with Crippen LogP contribution in [0.1, 0.15) is 40.2 Å². The molecule has 1 aromatic rings. The Hall–Kier alpha value is -3.18. The molecule has 1 unspecified atom stereocenters. The summed E-state index contributed by atoms with van der Waals surface area (Å²) in [5.74, 6) is -2.05. The van der Waals surface area contributed by atoms with Gasteiger partial charge >= 0.3 is 24.0 Å². The van der Waals surface area contributed by atoms with E-state index in [4.69, 9.17) is 28.4 Å². The third-order valence-electron chi connectivity index (χ3n) is 5.39. The molecule has 0 N–H and O–H groups in total. The molecule has 2 fully saturated rings. The summed E-state index contributed by atoms with van der Waals surface area (Å²) in [6, 6.07) is 8.34. The molecule has 2 heterocycles. The standard InChI is InChI=1S/C23H29NO10/c1-13(25)31-19-18(34-21(33-15(3)27)20(19)32-14(2)26)17-12-30-23(4,5)24(17)22(28)29-11-16-9-7-6-8-10-16/h6-10,17-21H,11-12H2,1-5H3/t17-,18-,19-,20-,21?/m1/s1. The van der Waals surface area contributed by atoms with Crippen molar-refractivity contribution in [3.63, 3.8) is 0 Å². The maximum atomic E-state index is 13.1. The van der Waals surface area contributed by atoms with Crippen LogP contribution in [0.5, 0.6) is 0 Å². The fourth-order valence-electron chi connectivity index (χ4n) is 4.08. The highest BCUT2D eigenvalue weighted by Crippen LogP contribution is 2.38. The van der Waals surface area contributed by atoms with Crippen molar-refractivity contribution in [1.29, 1.82) is 0 Å². The van der Waals surface area contributed by atoms with E-state index < -0.39 is 60.4 Å². The molecule has 5 atom stereocenters. The molecule has 1 aromatic carbocycles. The zero-order valence-corrected chi connectivity index (χ0v) is 19.7. The second-order valence-electron chi connectivity index (χ2n) is 8.46. The van der Waals surface area contributed by atoms with Gasteiger partial charge in [-0.3, -0.25) is 19.3 Å². The van der Waals surface area contributed by atoms with E-state index in [1.165, 1.54) is 11.8 Å². The molecule has 0 radical (unpaired) electrons. The van der Waals surface area contributed by atoms with E-state index in [9.17, 15) is 19.2 Å². The lowest BCUT2D eigenvalue weighted by Gasteiger charge is -2.35. The molecule has 3 rings (SSSR count). The third kappa shape index (κ3) is 5.84. The van der Waals surface area contributed by atoms with Crippen LogP contribution in [-0.2, 0) is 49.4 Å². The summed E-state index contributed by atoms with van der Waals surface area (Å²) in [7, 11) is 0. The van der Waals surface area contributed by atoms with Crippen LogP contribution in [-0.4, -0.2) is 71.9 Å². The van der Waals surface area contributed by atoms with Gasteiger partial charge in [0.15, 0.2) is 6.10 Å². The van der Waals surface area contributed by atoms with Gasteiger partial charge in [-0.05, 0) is 19.4 Å². The Bertz CT molecular complexity index is 918. The first-order valence-corrected chi connectivity index (χ1v) is 10.8. The molecule has 2 aliphatic heterocycles. The van der Waals surface area contributed by atoms with Crippen LogP contribution in [0.2, 0.25) is 0 Å². The highest BCUT2D eigenvalue weighted by molar-refractivity contribution is 5.70. The number of carbonyl (C=O) groups excluding carboxylic acids is 4. The van der Waals surface area contributed by atoms with E-state index in [1.807, 2.05) is 30.3 Å². The summed E-state index contributed by atoms with van der Waals surface area (Å²) in [6.45, 7) is 6.91. The van der Waals surface area contributed by atoms with Crippen molar-refractivity contribution in [2.45, 2.75) is 77.6 Å². The number of rotatable bonds is 6. The minimum absolute atomic E-state index is 0.00938. The predicted octanol–water partition coefficient (Wildman–Crippen LogP) is 1.91. The molecular weight excluding hydrogens is 450 g/mol. The molecule has 1 amide bonds. The average molecular weight is 479 g/mol. The van der Waals surface area contributed by atoms with Crippen LogP contribution in [0, 0.1) is 0 Å². The fraction of sp³-hybridized carbons (Fsp3) is 0.565. The SMILES string of the molecule is CC(=O)OC1O[C@H]([C@H]2COC(C)(C)N2C(=O)OCc2ccccc2)[C@@H](OC(C)=O)[C@H]1OC(C)=O. The second kappa shape index (κ2) is 10.4. The highest BCUT2D eigenvalue weighted by atomic mass is 16.7. The topological polar surface area (TPSA) is 127 Å². The molecule has 2 saturated heterocycles. The van der Waals surface area contributed by atoms with Crippen LogP contribution >= 0.6 is 0 Å². The third-order valence-corrected chi connectivity index (χ3v) is 5.39. The van der Waals surface area contributed by atoms with Crippen molar-refractivity contribution >= 4 is 24.0 Å². The fourth-order valence-corrected chi connectivity index (χ4v) is 4.08. The smallest absolute Gasteiger partial charge is 0.412 e. The molecule has 0 aliphatic carbocycles. The number of esters is 3. The number of nitrogens with zero attached hydrogens (tertiary/aromatic N) is 1. The van der Waals surface area contributed by atoms with E-state index in [1.54, 1.807) is 13.8 Å². The van der Waals surface area contributed by atoms with Crippen molar-refractivity contribution < 1.29 is 47.6 Å². The Morgan fingerprint density at radius 1 is 0.941 bits per heavy atom. The van der Waals surface area contributed by atoms with Gasteiger partial charge in [-0.25, -0.2) is 4.79 Å². The van der Waals surface area contributed by atoms with E-state index >= 15 is 0 Å². The lowest BCUT2D eigenvalue weighted by molar-refractivity contribution is -0.197. The van der Waals surface area contributed by atoms with Crippen molar-refractivity contribution in [3.8, 4) is 0 Å². The number of amides is 1. The summed E-state index contributed by atoms with van der Waals surface area (Å²) in [5.41, 5.74) is -0.288. The second-order valence-corrected chi connectivity index (χ2v) is 8.46. The average Bonchev–Trinajstić information content (AvgIpc) is 3.22. The van der Waals surface area contributed by atoms with E-state index in [-0.39, 0.29) is 13.2 Å². The highest BCUT2D eigenvalue weighted by Gasteiger charge is 2.59. The minimum Gasteiger partial charge on any atom is -0.455 e. The zero-order chi connectivity index (χ0) is 25.0. The van der Waals surface area contributed by atoms with Crippen LogP contribution in [0.3, 0.4) is 0 Å². The summed E-state index contributed by atoms with van der Waals surface area (Å²) >= 11 is 0. The monoisotopic (exact) mass is 479 g/mol. The summed E-state index contributed by atoms with van der Waals surface area (Å²) in [5, 5.41) is 0. The van der Waals surface area contributed by atoms with Gasteiger partial charge in [0.25, 0.3) is 0 Å². The number of hydrogen-bond acceptors (Lipinski definition) is 10. The largest absolute Gasteiger partial charge is 0.455 e. The zero-order valence-electron chi connectivity index (χ0n) is 19.7. The van der Waals surface area contributed by atoms with E-state index in [0.717, 1.165) is 19.4 Å². The van der Waals surface area contributed by atoms with Crippen LogP contribution in [0.15, 0.2) is 30.3 Å². The molecular formula is C23H29NO10. The Morgan fingerprint density at radius 2 is 1.53 bits per heavy atom. The summed E-state index contributed by atoms with van der Waals surface area (Å²) in [6.07, 6.45) is -5.47. The molecule has 34 heavy (non-hydrogen) atoms. The van der Waals surface area contributed by atoms with Crippen molar-refractivity contribution in [3.05, 3.63) is 35.9 Å². The van der Waals surface area contributed by atoms with Gasteiger partial charge in [0.1, 0.15) is 18.4 Å². The van der Waals surface area contributed by atoms with Crippen LogP contribution in [0.25, 0.3) is 0 Å². The Balaban J connectivity index is 1.87. The molecule has 11 heteroatoms. The molecule has 11 nitrogen and oxygen atoms in total. The molecule has 0 bridgehead atoms. The van der Waals surface area contributed by atoms with Crippen molar-refractivity contribution in [1.82, 2.24) is 4.90 Å². The molecule has 0 saturated carbocycles. The van der Waals surface area contributed by atoms with Crippen LogP contribution in [0.4, 0.5) is 4.79 Å². The Labute approximate surface area is 197 Å². The lowest BCUT2D eigenvalue weighted by Crippen LogP contribution is -2.55. The first-order valence-electron chi connectivity index (χ1n) is 10.8. The molecule has 186 valence electrons. The first kappa shape index (κ1) is 25.4. The van der Waals surface area contributed by atoms with Crippen molar-refractivity contribution in [2.75, 3.05) is 6.61 Å². The van der Waals surface area contributed by atoms with Gasteiger partial charge in [-0.15, -0.1) is 0 Å². The van der Waals surface area contributed by atoms with E-state index in [0.29, 0.717) is 0 Å². The van der Waals surface area contributed by atoms with Gasteiger partial charge < -0.3 is 28.4 Å². The normalized spacial score (nSPS) is 27.7. The maximum absolute atomic E-state index is 13.1. The van der Waals surface area contributed by atoms with Gasteiger partial charge in [0, 0.05) is 20.8 Å². The molecule has 0 aromatic heterocycles. The Kier molecular flexibility index (Phi) is 7.78. The number of carbonyl (C=O) groups is 4. The maximum Gasteiger partial charge on any atom is 0.412 e. The minimum atomic E-state index is -1.35. The van der Waals surface area contributed by atoms with Gasteiger partial charge in [0.2, 0.25) is 12.4 Å². The number of benzene rings is 1. The number of hydrogen-bond donors (Lipinski definition) is 0. The molecule has 2 aliphatic rings. The predicted molar refractivity (Wildman–Crippen MR) is 114 cm³/mol.